The summed E-state index contributed by atoms with van der Waals surface area (Å²) in [5, 5.41) is 12.1. The van der Waals surface area contributed by atoms with E-state index in [9.17, 15) is 4.79 Å². The van der Waals surface area contributed by atoms with Crippen LogP contribution >= 0.6 is 0 Å². The molecule has 136 valence electrons. The lowest BCUT2D eigenvalue weighted by Gasteiger charge is -2.22. The van der Waals surface area contributed by atoms with E-state index in [1.165, 1.54) is 0 Å². The maximum absolute atomic E-state index is 13.0. The number of aromatic nitrogens is 3. The third kappa shape index (κ3) is 2.79. The second kappa shape index (κ2) is 6.39. The zero-order chi connectivity index (χ0) is 18.2. The van der Waals surface area contributed by atoms with Crippen LogP contribution in [0.4, 0.5) is 0 Å². The van der Waals surface area contributed by atoms with E-state index in [0.717, 1.165) is 24.1 Å². The molecule has 27 heavy (non-hydrogen) atoms. The molecule has 1 saturated heterocycles. The summed E-state index contributed by atoms with van der Waals surface area (Å²) in [7, 11) is 0. The first-order valence-corrected chi connectivity index (χ1v) is 8.75. The number of hydrogen-bond acceptors (Lipinski definition) is 7. The Bertz CT molecular complexity index is 988. The topological polar surface area (TPSA) is 90.6 Å². The highest BCUT2D eigenvalue weighted by molar-refractivity contribution is 5.93. The molecule has 0 saturated carbocycles. The molecule has 0 aliphatic carbocycles. The normalized spacial score (nSPS) is 18.1. The number of hydrogen-bond donors (Lipinski definition) is 0. The van der Waals surface area contributed by atoms with Crippen LogP contribution in [-0.2, 0) is 0 Å². The molecule has 2 aliphatic heterocycles. The van der Waals surface area contributed by atoms with Gasteiger partial charge in [0, 0.05) is 24.4 Å². The first-order valence-electron chi connectivity index (χ1n) is 8.75. The second-order valence-corrected chi connectivity index (χ2v) is 6.45. The maximum Gasteiger partial charge on any atom is 0.276 e. The third-order valence-corrected chi connectivity index (χ3v) is 4.83. The number of ether oxygens (including phenoxy) is 2. The molecule has 8 heteroatoms. The molecule has 0 N–H and O–H groups in total. The molecule has 0 radical (unpaired) electrons. The van der Waals surface area contributed by atoms with E-state index in [2.05, 4.69) is 15.4 Å². The van der Waals surface area contributed by atoms with Crippen molar-refractivity contribution in [2.24, 2.45) is 0 Å². The van der Waals surface area contributed by atoms with Crippen molar-refractivity contribution in [1.29, 1.82) is 0 Å². The van der Waals surface area contributed by atoms with Gasteiger partial charge in [-0.15, -0.1) is 0 Å². The highest BCUT2D eigenvalue weighted by Crippen LogP contribution is 2.36. The van der Waals surface area contributed by atoms with Gasteiger partial charge in [-0.25, -0.2) is 0 Å². The van der Waals surface area contributed by atoms with E-state index in [0.29, 0.717) is 23.8 Å². The van der Waals surface area contributed by atoms with Crippen LogP contribution in [0.25, 0.3) is 11.3 Å². The number of rotatable bonds is 3. The van der Waals surface area contributed by atoms with Crippen LogP contribution < -0.4 is 9.47 Å². The van der Waals surface area contributed by atoms with Crippen molar-refractivity contribution < 1.29 is 18.8 Å². The molecule has 1 unspecified atom stereocenters. The molecule has 5 rings (SSSR count). The highest BCUT2D eigenvalue weighted by atomic mass is 16.7. The zero-order valence-electron chi connectivity index (χ0n) is 14.4. The Morgan fingerprint density at radius 2 is 2.07 bits per heavy atom. The van der Waals surface area contributed by atoms with Gasteiger partial charge in [-0.1, -0.05) is 5.16 Å². The van der Waals surface area contributed by atoms with E-state index in [4.69, 9.17) is 14.0 Å². The number of fused-ring (bicyclic) bond motifs is 1. The van der Waals surface area contributed by atoms with E-state index in [1.807, 2.05) is 30.3 Å². The lowest BCUT2D eigenvalue weighted by molar-refractivity contribution is 0.0722. The SMILES string of the molecule is O=C(c1cc(-c2ccc3c(c2)OCO3)on1)N1CCCC1c1cccnn1. The van der Waals surface area contributed by atoms with E-state index < -0.39 is 0 Å². The Morgan fingerprint density at radius 1 is 1.15 bits per heavy atom. The molecule has 1 aromatic carbocycles. The van der Waals surface area contributed by atoms with Crippen LogP contribution in [0.5, 0.6) is 11.5 Å². The summed E-state index contributed by atoms with van der Waals surface area (Å²) in [5.74, 6) is 1.68. The molecule has 0 spiro atoms. The number of benzene rings is 1. The molecular weight excluding hydrogens is 348 g/mol. The molecule has 2 aliphatic rings. The van der Waals surface area contributed by atoms with E-state index in [-0.39, 0.29) is 24.4 Å². The molecule has 3 aromatic rings. The van der Waals surface area contributed by atoms with Gasteiger partial charge in [0.15, 0.2) is 23.0 Å². The standard InChI is InChI=1S/C19H16N4O4/c24-19(23-8-2-4-15(23)13-3-1-7-20-21-13)14-10-17(27-22-14)12-5-6-16-18(9-12)26-11-25-16/h1,3,5-7,9-10,15H,2,4,8,11H2. The third-order valence-electron chi connectivity index (χ3n) is 4.83. The van der Waals surface area contributed by atoms with Gasteiger partial charge in [-0.2, -0.15) is 10.2 Å². The monoisotopic (exact) mass is 364 g/mol. The predicted octanol–water partition coefficient (Wildman–Crippen LogP) is 2.84. The second-order valence-electron chi connectivity index (χ2n) is 6.45. The van der Waals surface area contributed by atoms with Crippen molar-refractivity contribution in [2.75, 3.05) is 13.3 Å². The first-order chi connectivity index (χ1) is 13.3. The summed E-state index contributed by atoms with van der Waals surface area (Å²) in [5.41, 5.74) is 1.85. The van der Waals surface area contributed by atoms with Gasteiger partial charge in [0.25, 0.3) is 5.91 Å². The Kier molecular flexibility index (Phi) is 3.74. The Hall–Kier alpha value is -3.42. The molecular formula is C19H16N4O4. The molecule has 1 fully saturated rings. The quantitative estimate of drug-likeness (QED) is 0.706. The van der Waals surface area contributed by atoms with E-state index >= 15 is 0 Å². The Labute approximate surface area is 154 Å². The Morgan fingerprint density at radius 3 is 2.96 bits per heavy atom. The smallest absolute Gasteiger partial charge is 0.276 e. The van der Waals surface area contributed by atoms with Crippen molar-refractivity contribution in [3.63, 3.8) is 0 Å². The Balaban J connectivity index is 1.40. The van der Waals surface area contributed by atoms with Crippen LogP contribution in [0.1, 0.15) is 35.1 Å². The fraction of sp³-hybridized carbons (Fsp3) is 0.263. The van der Waals surface area contributed by atoms with Crippen molar-refractivity contribution in [2.45, 2.75) is 18.9 Å². The van der Waals surface area contributed by atoms with Crippen LogP contribution in [0.2, 0.25) is 0 Å². The molecule has 0 bridgehead atoms. The number of likely N-dealkylation sites (tertiary alicyclic amines) is 1. The van der Waals surface area contributed by atoms with Crippen molar-refractivity contribution in [3.8, 4) is 22.8 Å². The fourth-order valence-electron chi connectivity index (χ4n) is 3.52. The highest BCUT2D eigenvalue weighted by Gasteiger charge is 2.33. The maximum atomic E-state index is 13.0. The largest absolute Gasteiger partial charge is 0.454 e. The average Bonchev–Trinajstić information content (AvgIpc) is 3.47. The van der Waals surface area contributed by atoms with Crippen LogP contribution in [0.3, 0.4) is 0 Å². The first kappa shape index (κ1) is 15.8. The minimum atomic E-state index is -0.168. The minimum absolute atomic E-state index is 0.0862. The van der Waals surface area contributed by atoms with Gasteiger partial charge in [-0.3, -0.25) is 4.79 Å². The number of nitrogens with zero attached hydrogens (tertiary/aromatic N) is 4. The summed E-state index contributed by atoms with van der Waals surface area (Å²) >= 11 is 0. The summed E-state index contributed by atoms with van der Waals surface area (Å²) in [6, 6.07) is 10.8. The van der Waals surface area contributed by atoms with E-state index in [1.54, 1.807) is 17.2 Å². The lowest BCUT2D eigenvalue weighted by atomic mass is 10.1. The zero-order valence-corrected chi connectivity index (χ0v) is 14.4. The molecule has 2 aromatic heterocycles. The van der Waals surface area contributed by atoms with Crippen LogP contribution in [0.15, 0.2) is 47.1 Å². The minimum Gasteiger partial charge on any atom is -0.454 e. The summed E-state index contributed by atoms with van der Waals surface area (Å²) in [6.07, 6.45) is 3.40. The predicted molar refractivity (Wildman–Crippen MR) is 93.1 cm³/mol. The lowest BCUT2D eigenvalue weighted by Crippen LogP contribution is -2.31. The van der Waals surface area contributed by atoms with Gasteiger partial charge in [-0.05, 0) is 43.2 Å². The fourth-order valence-corrected chi connectivity index (χ4v) is 3.52. The van der Waals surface area contributed by atoms with Gasteiger partial charge in [0.2, 0.25) is 6.79 Å². The number of carbonyl (C=O) groups excluding carboxylic acids is 1. The van der Waals surface area contributed by atoms with Crippen molar-refractivity contribution >= 4 is 5.91 Å². The molecule has 8 nitrogen and oxygen atoms in total. The van der Waals surface area contributed by atoms with Crippen molar-refractivity contribution in [3.05, 3.63) is 54.0 Å². The molecule has 1 amide bonds. The van der Waals surface area contributed by atoms with Crippen molar-refractivity contribution in [1.82, 2.24) is 20.3 Å². The average molecular weight is 364 g/mol. The van der Waals surface area contributed by atoms with Gasteiger partial charge in [0.05, 0.1) is 11.7 Å². The summed E-state index contributed by atoms with van der Waals surface area (Å²) in [4.78, 5) is 14.8. The van der Waals surface area contributed by atoms with Crippen LogP contribution in [0, 0.1) is 0 Å². The molecule has 1 atom stereocenters. The molecule has 4 heterocycles. The summed E-state index contributed by atoms with van der Waals surface area (Å²) in [6.45, 7) is 0.865. The van der Waals surface area contributed by atoms with Gasteiger partial charge in [0.1, 0.15) is 0 Å². The van der Waals surface area contributed by atoms with Gasteiger partial charge >= 0.3 is 0 Å². The number of amides is 1. The van der Waals surface area contributed by atoms with Crippen LogP contribution in [-0.4, -0.2) is 39.5 Å². The number of carbonyl (C=O) groups is 1. The van der Waals surface area contributed by atoms with Gasteiger partial charge < -0.3 is 18.9 Å². The summed E-state index contributed by atoms with van der Waals surface area (Å²) < 4.78 is 16.1.